The minimum Gasteiger partial charge on any atom is -0.457 e. The predicted octanol–water partition coefficient (Wildman–Crippen LogP) is 5.61. The summed E-state index contributed by atoms with van der Waals surface area (Å²) >= 11 is 0. The summed E-state index contributed by atoms with van der Waals surface area (Å²) in [4.78, 5) is 19.7. The van der Waals surface area contributed by atoms with E-state index in [4.69, 9.17) is 4.74 Å². The van der Waals surface area contributed by atoms with Gasteiger partial charge in [0.25, 0.3) is 5.92 Å². The van der Waals surface area contributed by atoms with E-state index in [1.807, 2.05) is 0 Å². The van der Waals surface area contributed by atoms with Crippen LogP contribution in [0, 0.1) is 11.7 Å². The number of rotatable bonds is 7. The second kappa shape index (κ2) is 8.25. The number of anilines is 3. The van der Waals surface area contributed by atoms with Crippen LogP contribution in [0.4, 0.5) is 30.4 Å². The lowest BCUT2D eigenvalue weighted by atomic mass is 10.1. The number of carbonyl (C=O) groups excluding carboxylic acids is 1. The molecule has 3 aromatic rings. The summed E-state index contributed by atoms with van der Waals surface area (Å²) in [6, 6.07) is 8.46. The highest BCUT2D eigenvalue weighted by atomic mass is 19.3. The fourth-order valence-corrected chi connectivity index (χ4v) is 2.82. The number of aromatic nitrogens is 2. The van der Waals surface area contributed by atoms with Crippen molar-refractivity contribution in [1.82, 2.24) is 9.97 Å². The molecule has 1 aliphatic rings. The average molecular weight is 428 g/mol. The molecule has 1 aromatic carbocycles. The van der Waals surface area contributed by atoms with E-state index < -0.39 is 11.7 Å². The number of nitrogens with one attached hydrogen (secondary N) is 2. The van der Waals surface area contributed by atoms with Gasteiger partial charge in [-0.05, 0) is 37.1 Å². The Labute approximate surface area is 176 Å². The summed E-state index contributed by atoms with van der Waals surface area (Å²) in [6.45, 7) is 0.766. The van der Waals surface area contributed by atoms with Gasteiger partial charge in [0.2, 0.25) is 5.91 Å². The molecule has 0 spiro atoms. The first-order valence-corrected chi connectivity index (χ1v) is 9.62. The maximum atomic E-state index is 14.5. The molecule has 0 atom stereocenters. The van der Waals surface area contributed by atoms with Gasteiger partial charge in [-0.25, -0.2) is 18.2 Å². The number of hydrogen-bond donors (Lipinski definition) is 2. The van der Waals surface area contributed by atoms with Gasteiger partial charge in [0.1, 0.15) is 23.1 Å². The summed E-state index contributed by atoms with van der Waals surface area (Å²) in [6.07, 6.45) is 5.63. The van der Waals surface area contributed by atoms with Crippen LogP contribution in [0.15, 0.2) is 55.0 Å². The second-order valence-electron chi connectivity index (χ2n) is 7.36. The lowest BCUT2D eigenvalue weighted by Crippen LogP contribution is -2.14. The van der Waals surface area contributed by atoms with Crippen molar-refractivity contribution in [1.29, 1.82) is 0 Å². The third-order valence-corrected chi connectivity index (χ3v) is 4.63. The average Bonchev–Trinajstić information content (AvgIpc) is 3.55. The first-order chi connectivity index (χ1) is 14.8. The molecule has 0 saturated heterocycles. The third kappa shape index (κ3) is 5.30. The highest BCUT2D eigenvalue weighted by molar-refractivity contribution is 5.93. The fourth-order valence-electron chi connectivity index (χ4n) is 2.82. The van der Waals surface area contributed by atoms with E-state index in [0.29, 0.717) is 11.6 Å². The SMILES string of the molecule is CC(F)(F)c1cncc(Nc2ccc(Oc3ccnc(NC(=O)C4CC4)c3)cc2F)c1. The van der Waals surface area contributed by atoms with Crippen LogP contribution in [0.2, 0.25) is 0 Å². The number of alkyl halides is 2. The van der Waals surface area contributed by atoms with Crippen molar-refractivity contribution in [2.24, 2.45) is 5.92 Å². The van der Waals surface area contributed by atoms with Gasteiger partial charge in [0.05, 0.1) is 17.6 Å². The van der Waals surface area contributed by atoms with Crippen molar-refractivity contribution in [2.45, 2.75) is 25.7 Å². The van der Waals surface area contributed by atoms with Crippen molar-refractivity contribution in [3.63, 3.8) is 0 Å². The Hall–Kier alpha value is -3.62. The van der Waals surface area contributed by atoms with Crippen molar-refractivity contribution < 1.29 is 22.7 Å². The molecular weight excluding hydrogens is 409 g/mol. The first-order valence-electron chi connectivity index (χ1n) is 9.62. The van der Waals surface area contributed by atoms with E-state index in [9.17, 15) is 18.0 Å². The predicted molar refractivity (Wildman–Crippen MR) is 109 cm³/mol. The number of hydrogen-bond acceptors (Lipinski definition) is 5. The number of nitrogens with zero attached hydrogens (tertiary/aromatic N) is 2. The van der Waals surface area contributed by atoms with Crippen LogP contribution in [0.3, 0.4) is 0 Å². The van der Waals surface area contributed by atoms with Crippen LogP contribution in [-0.4, -0.2) is 15.9 Å². The molecule has 31 heavy (non-hydrogen) atoms. The zero-order valence-electron chi connectivity index (χ0n) is 16.5. The highest BCUT2D eigenvalue weighted by Gasteiger charge is 2.29. The standard InChI is InChI=1S/C22H19F3N4O2/c1-22(24,25)14-8-15(12-26-11-14)28-19-5-4-16(9-18(19)23)31-17-6-7-27-20(10-17)29-21(30)13-2-3-13/h4-13,28H,2-3H2,1H3,(H,27,29,30). The molecular formula is C22H19F3N4O2. The van der Waals surface area contributed by atoms with Crippen molar-refractivity contribution in [2.75, 3.05) is 10.6 Å². The number of benzene rings is 1. The van der Waals surface area contributed by atoms with Gasteiger partial charge in [0.15, 0.2) is 0 Å². The molecule has 1 fully saturated rings. The first kappa shape index (κ1) is 20.6. The van der Waals surface area contributed by atoms with E-state index in [-0.39, 0.29) is 34.5 Å². The van der Waals surface area contributed by atoms with Crippen LogP contribution in [0.25, 0.3) is 0 Å². The molecule has 1 amide bonds. The number of amides is 1. The molecule has 0 aliphatic heterocycles. The summed E-state index contributed by atoms with van der Waals surface area (Å²) in [7, 11) is 0. The molecule has 0 radical (unpaired) electrons. The summed E-state index contributed by atoms with van der Waals surface area (Å²) in [5, 5.41) is 5.46. The van der Waals surface area contributed by atoms with Crippen LogP contribution >= 0.6 is 0 Å². The molecule has 1 saturated carbocycles. The molecule has 2 aromatic heterocycles. The molecule has 9 heteroatoms. The number of carbonyl (C=O) groups is 1. The molecule has 2 heterocycles. The molecule has 4 rings (SSSR count). The molecule has 6 nitrogen and oxygen atoms in total. The molecule has 0 bridgehead atoms. The Morgan fingerprint density at radius 3 is 2.61 bits per heavy atom. The maximum absolute atomic E-state index is 14.5. The van der Waals surface area contributed by atoms with Gasteiger partial charge >= 0.3 is 0 Å². The number of ether oxygens (including phenoxy) is 1. The van der Waals surface area contributed by atoms with E-state index in [1.54, 1.807) is 12.1 Å². The van der Waals surface area contributed by atoms with Gasteiger partial charge in [-0.3, -0.25) is 9.78 Å². The van der Waals surface area contributed by atoms with Gasteiger partial charge in [-0.1, -0.05) is 0 Å². The van der Waals surface area contributed by atoms with Crippen molar-refractivity contribution in [3.8, 4) is 11.5 Å². The topological polar surface area (TPSA) is 76.1 Å². The molecule has 160 valence electrons. The summed E-state index contributed by atoms with van der Waals surface area (Å²) in [5.74, 6) is -2.77. The Morgan fingerprint density at radius 1 is 1.13 bits per heavy atom. The smallest absolute Gasteiger partial charge is 0.272 e. The minimum absolute atomic E-state index is 0.0416. The normalized spacial score (nSPS) is 13.5. The van der Waals surface area contributed by atoms with Gasteiger partial charge in [-0.2, -0.15) is 0 Å². The van der Waals surface area contributed by atoms with Crippen LogP contribution in [0.5, 0.6) is 11.5 Å². The summed E-state index contributed by atoms with van der Waals surface area (Å²) in [5.41, 5.74) is 0.0368. The Bertz CT molecular complexity index is 1110. The quantitative estimate of drug-likeness (QED) is 0.511. The molecule has 0 unspecified atom stereocenters. The highest BCUT2D eigenvalue weighted by Crippen LogP contribution is 2.32. The van der Waals surface area contributed by atoms with Crippen LogP contribution in [-0.2, 0) is 10.7 Å². The zero-order chi connectivity index (χ0) is 22.0. The van der Waals surface area contributed by atoms with Gasteiger partial charge < -0.3 is 15.4 Å². The Kier molecular flexibility index (Phi) is 5.50. The fraction of sp³-hybridized carbons (Fsp3) is 0.227. The lowest BCUT2D eigenvalue weighted by Gasteiger charge is -2.13. The second-order valence-corrected chi connectivity index (χ2v) is 7.36. The monoisotopic (exact) mass is 428 g/mol. The number of halogens is 3. The minimum atomic E-state index is -3.05. The van der Waals surface area contributed by atoms with Gasteiger partial charge in [-0.15, -0.1) is 0 Å². The lowest BCUT2D eigenvalue weighted by molar-refractivity contribution is -0.117. The third-order valence-electron chi connectivity index (χ3n) is 4.63. The van der Waals surface area contributed by atoms with E-state index in [1.165, 1.54) is 30.6 Å². The largest absolute Gasteiger partial charge is 0.457 e. The molecule has 1 aliphatic carbocycles. The van der Waals surface area contributed by atoms with Crippen LogP contribution in [0.1, 0.15) is 25.3 Å². The Balaban J connectivity index is 1.45. The van der Waals surface area contributed by atoms with Gasteiger partial charge in [0, 0.05) is 42.9 Å². The van der Waals surface area contributed by atoms with Crippen molar-refractivity contribution in [3.05, 3.63) is 66.4 Å². The van der Waals surface area contributed by atoms with Crippen LogP contribution < -0.4 is 15.4 Å². The maximum Gasteiger partial charge on any atom is 0.272 e. The zero-order valence-corrected chi connectivity index (χ0v) is 16.5. The van der Waals surface area contributed by atoms with E-state index >= 15 is 0 Å². The van der Waals surface area contributed by atoms with Crippen molar-refractivity contribution >= 4 is 23.1 Å². The Morgan fingerprint density at radius 2 is 1.90 bits per heavy atom. The van der Waals surface area contributed by atoms with E-state index in [0.717, 1.165) is 32.0 Å². The van der Waals surface area contributed by atoms with E-state index in [2.05, 4.69) is 20.6 Å². The molecule has 2 N–H and O–H groups in total. The number of pyridine rings is 2. The summed E-state index contributed by atoms with van der Waals surface area (Å²) < 4.78 is 47.1.